The van der Waals surface area contributed by atoms with E-state index in [2.05, 4.69) is 23.5 Å². The van der Waals surface area contributed by atoms with E-state index >= 15 is 0 Å². The summed E-state index contributed by atoms with van der Waals surface area (Å²) in [7, 11) is 0. The van der Waals surface area contributed by atoms with E-state index in [4.69, 9.17) is 9.47 Å². The van der Waals surface area contributed by atoms with Gasteiger partial charge in [0.25, 0.3) is 0 Å². The van der Waals surface area contributed by atoms with Gasteiger partial charge in [-0.25, -0.2) is 0 Å². The molecule has 0 saturated carbocycles. The molecule has 0 aliphatic carbocycles. The SMILES string of the molecule is CI(I)c1cc(OCCN2CCOCC2)ccc1C(F)(F)F. The Morgan fingerprint density at radius 2 is 2.00 bits per heavy atom. The monoisotopic (exact) mass is 543 g/mol. The standard InChI is InChI=1S/C14H18F3I2NO2/c1-19(18)13-10-11(2-3-12(13)14(15,16)17)22-9-6-20-4-7-21-8-5-20/h2-3,10H,4-9H2,1H3. The van der Waals surface area contributed by atoms with Gasteiger partial charge in [-0.3, -0.25) is 0 Å². The van der Waals surface area contributed by atoms with Crippen molar-refractivity contribution in [2.45, 2.75) is 6.18 Å². The molecular weight excluding hydrogens is 525 g/mol. The van der Waals surface area contributed by atoms with Crippen LogP contribution in [-0.2, 0) is 10.9 Å². The number of nitrogens with zero attached hydrogens (tertiary/aromatic N) is 1. The molecule has 0 atom stereocenters. The maximum atomic E-state index is 13.0. The van der Waals surface area contributed by atoms with Gasteiger partial charge >= 0.3 is 146 Å². The third-order valence-corrected chi connectivity index (χ3v) is 8.75. The second-order valence-corrected chi connectivity index (χ2v) is 16.5. The number of benzene rings is 1. The summed E-state index contributed by atoms with van der Waals surface area (Å²) in [6, 6.07) is 4.13. The predicted octanol–water partition coefficient (Wildman–Crippen LogP) is 4.07. The molecule has 3 nitrogen and oxygen atoms in total. The number of ether oxygens (including phenoxy) is 2. The summed E-state index contributed by atoms with van der Waals surface area (Å²) in [6.45, 7) is 4.44. The summed E-state index contributed by atoms with van der Waals surface area (Å²) < 4.78 is 50.3. The third kappa shape index (κ3) is 5.38. The Morgan fingerprint density at radius 3 is 2.59 bits per heavy atom. The van der Waals surface area contributed by atoms with Crippen molar-refractivity contribution >= 4 is 34.5 Å². The van der Waals surface area contributed by atoms with Crippen LogP contribution in [0.3, 0.4) is 0 Å². The van der Waals surface area contributed by atoms with Gasteiger partial charge < -0.3 is 0 Å². The Bertz CT molecular complexity index is 491. The summed E-state index contributed by atoms with van der Waals surface area (Å²) >= 11 is 0.352. The molecule has 1 aromatic rings. The minimum atomic E-state index is -4.29. The van der Waals surface area contributed by atoms with E-state index in [0.717, 1.165) is 38.9 Å². The van der Waals surface area contributed by atoms with Gasteiger partial charge in [-0.1, -0.05) is 0 Å². The maximum absolute atomic E-state index is 13.0. The van der Waals surface area contributed by atoms with E-state index in [1.165, 1.54) is 6.07 Å². The first-order valence-electron chi connectivity index (χ1n) is 6.78. The van der Waals surface area contributed by atoms with E-state index in [1.54, 1.807) is 6.07 Å². The van der Waals surface area contributed by atoms with Crippen LogP contribution in [0.4, 0.5) is 13.2 Å². The van der Waals surface area contributed by atoms with Crippen molar-refractivity contribution in [3.05, 3.63) is 27.3 Å². The molecule has 0 bridgehead atoms. The van der Waals surface area contributed by atoms with E-state index in [1.807, 2.05) is 4.93 Å². The van der Waals surface area contributed by atoms with E-state index in [0.29, 0.717) is 15.9 Å². The number of hydrogen-bond donors (Lipinski definition) is 0. The van der Waals surface area contributed by atoms with Crippen molar-refractivity contribution in [1.82, 2.24) is 4.90 Å². The van der Waals surface area contributed by atoms with Crippen LogP contribution >= 0.6 is 34.5 Å². The predicted molar refractivity (Wildman–Crippen MR) is 96.9 cm³/mol. The molecule has 2 rings (SSSR count). The van der Waals surface area contributed by atoms with Crippen LogP contribution in [0.25, 0.3) is 0 Å². The zero-order valence-corrected chi connectivity index (χ0v) is 16.4. The number of alkyl halides is 4. The fourth-order valence-corrected chi connectivity index (χ4v) is 6.43. The summed E-state index contributed by atoms with van der Waals surface area (Å²) in [6.07, 6.45) is -4.29. The van der Waals surface area contributed by atoms with Gasteiger partial charge in [0.2, 0.25) is 0 Å². The minimum absolute atomic E-state index is 0.418. The molecule has 1 saturated heterocycles. The quantitative estimate of drug-likeness (QED) is 0.413. The summed E-state index contributed by atoms with van der Waals surface area (Å²) in [4.78, 5) is 4.12. The van der Waals surface area contributed by atoms with Crippen LogP contribution in [0.15, 0.2) is 18.2 Å². The first kappa shape index (κ1) is 18.5. The second kappa shape index (κ2) is 8.34. The first-order chi connectivity index (χ1) is 10.4. The number of halogens is 5. The van der Waals surface area contributed by atoms with Gasteiger partial charge in [0.1, 0.15) is 0 Å². The number of morpholine rings is 1. The Labute approximate surface area is 145 Å². The summed E-state index contributed by atoms with van der Waals surface area (Å²) in [5.41, 5.74) is -0.518. The molecule has 126 valence electrons. The summed E-state index contributed by atoms with van der Waals surface area (Å²) in [5, 5.41) is 0. The molecule has 0 N–H and O–H groups in total. The molecule has 0 aromatic heterocycles. The van der Waals surface area contributed by atoms with Crippen molar-refractivity contribution in [1.29, 1.82) is 0 Å². The van der Waals surface area contributed by atoms with Gasteiger partial charge in [0, 0.05) is 0 Å². The Balaban J connectivity index is 1.98. The van der Waals surface area contributed by atoms with E-state index in [9.17, 15) is 13.2 Å². The number of hydrogen-bond acceptors (Lipinski definition) is 3. The van der Waals surface area contributed by atoms with Crippen molar-refractivity contribution in [3.63, 3.8) is 0 Å². The molecule has 0 radical (unpaired) electrons. The summed E-state index contributed by atoms with van der Waals surface area (Å²) in [5.74, 6) is 0.525. The fourth-order valence-electron chi connectivity index (χ4n) is 2.15. The molecular formula is C14H18F3I2NO2. The molecule has 1 heterocycles. The zero-order chi connectivity index (χ0) is 16.2. The van der Waals surface area contributed by atoms with Crippen LogP contribution in [0, 0.1) is 3.57 Å². The van der Waals surface area contributed by atoms with Gasteiger partial charge in [-0.05, 0) is 0 Å². The molecule has 8 heteroatoms. The van der Waals surface area contributed by atoms with Crippen molar-refractivity contribution in [3.8, 4) is 5.75 Å². The Hall–Kier alpha value is 0.190. The topological polar surface area (TPSA) is 21.7 Å². The average molecular weight is 543 g/mol. The van der Waals surface area contributed by atoms with E-state index < -0.39 is 27.6 Å². The van der Waals surface area contributed by atoms with Crippen LogP contribution in [0.1, 0.15) is 5.56 Å². The van der Waals surface area contributed by atoms with Crippen molar-refractivity contribution in [2.24, 2.45) is 0 Å². The van der Waals surface area contributed by atoms with Gasteiger partial charge in [-0.2, -0.15) is 0 Å². The third-order valence-electron chi connectivity index (χ3n) is 3.31. The van der Waals surface area contributed by atoms with Crippen molar-refractivity contribution in [2.75, 3.05) is 44.4 Å². The molecule has 0 spiro atoms. The van der Waals surface area contributed by atoms with Crippen LogP contribution in [0.2, 0.25) is 0 Å². The Morgan fingerprint density at radius 1 is 1.32 bits per heavy atom. The van der Waals surface area contributed by atoms with Crippen LogP contribution < -0.4 is 4.74 Å². The van der Waals surface area contributed by atoms with Crippen LogP contribution in [0.5, 0.6) is 5.75 Å². The fraction of sp³-hybridized carbons (Fsp3) is 0.571. The second-order valence-electron chi connectivity index (χ2n) is 4.85. The molecule has 0 unspecified atom stereocenters. The Kier molecular flexibility index (Phi) is 7.02. The molecule has 1 aliphatic rings. The molecule has 22 heavy (non-hydrogen) atoms. The number of rotatable bonds is 5. The van der Waals surface area contributed by atoms with Crippen LogP contribution in [-0.4, -0.2) is 49.3 Å². The van der Waals surface area contributed by atoms with Gasteiger partial charge in [-0.15, -0.1) is 0 Å². The first-order valence-corrected chi connectivity index (χ1v) is 16.3. The molecule has 1 aliphatic heterocycles. The van der Waals surface area contributed by atoms with Gasteiger partial charge in [0.05, 0.1) is 0 Å². The normalized spacial score (nSPS) is 17.4. The average Bonchev–Trinajstić information content (AvgIpc) is 2.47. The van der Waals surface area contributed by atoms with E-state index in [-0.39, 0.29) is 0 Å². The zero-order valence-electron chi connectivity index (χ0n) is 12.1. The molecule has 0 amide bonds. The van der Waals surface area contributed by atoms with Crippen molar-refractivity contribution < 1.29 is 22.6 Å². The molecule has 1 fully saturated rings. The van der Waals surface area contributed by atoms with Gasteiger partial charge in [0.15, 0.2) is 0 Å². The molecule has 1 aromatic carbocycles.